The highest BCUT2D eigenvalue weighted by Crippen LogP contribution is 2.43. The van der Waals surface area contributed by atoms with Crippen molar-refractivity contribution in [2.45, 2.75) is 51.0 Å². The fourth-order valence-corrected chi connectivity index (χ4v) is 1.16. The minimum absolute atomic E-state index is 0.239. The normalized spacial score (nSPS) is 17.5. The summed E-state index contributed by atoms with van der Waals surface area (Å²) in [6.07, 6.45) is -10.1. The van der Waals surface area contributed by atoms with Crippen LogP contribution < -0.4 is 0 Å². The van der Waals surface area contributed by atoms with Gasteiger partial charge < -0.3 is 9.84 Å². The molecule has 0 bridgehead atoms. The van der Waals surface area contributed by atoms with Gasteiger partial charge in [-0.2, -0.15) is 22.0 Å². The standard InChI is InChI=1S/C11H15F5O3/c1-5-9(4,19-7(17)6(2)3)10(12,13)8(18)11(14,15)16/h8,18H,2,5H2,1,3-4H3. The van der Waals surface area contributed by atoms with E-state index in [-0.39, 0.29) is 5.57 Å². The molecule has 0 aromatic rings. The lowest BCUT2D eigenvalue weighted by molar-refractivity contribution is -0.312. The molecule has 19 heavy (non-hydrogen) atoms. The Morgan fingerprint density at radius 2 is 1.74 bits per heavy atom. The van der Waals surface area contributed by atoms with Crippen molar-refractivity contribution in [1.29, 1.82) is 0 Å². The highest BCUT2D eigenvalue weighted by molar-refractivity contribution is 5.87. The summed E-state index contributed by atoms with van der Waals surface area (Å²) >= 11 is 0. The van der Waals surface area contributed by atoms with Gasteiger partial charge in [-0.05, 0) is 20.3 Å². The summed E-state index contributed by atoms with van der Waals surface area (Å²) in [7, 11) is 0. The van der Waals surface area contributed by atoms with E-state index in [9.17, 15) is 26.7 Å². The topological polar surface area (TPSA) is 46.5 Å². The van der Waals surface area contributed by atoms with E-state index in [4.69, 9.17) is 5.11 Å². The minimum Gasteiger partial charge on any atom is -0.449 e. The van der Waals surface area contributed by atoms with Crippen molar-refractivity contribution in [3.8, 4) is 0 Å². The van der Waals surface area contributed by atoms with Gasteiger partial charge in [0, 0.05) is 5.57 Å². The van der Waals surface area contributed by atoms with Gasteiger partial charge in [-0.1, -0.05) is 13.5 Å². The van der Waals surface area contributed by atoms with Gasteiger partial charge in [0.25, 0.3) is 0 Å². The summed E-state index contributed by atoms with van der Waals surface area (Å²) in [6.45, 7) is 6.05. The van der Waals surface area contributed by atoms with Crippen LogP contribution in [-0.4, -0.2) is 34.9 Å². The lowest BCUT2D eigenvalue weighted by Gasteiger charge is -2.38. The third kappa shape index (κ3) is 3.65. The molecule has 2 atom stereocenters. The van der Waals surface area contributed by atoms with E-state index >= 15 is 0 Å². The zero-order valence-corrected chi connectivity index (χ0v) is 10.6. The molecule has 0 aliphatic rings. The Bertz CT molecular complexity index is 364. The Morgan fingerprint density at radius 3 is 2.00 bits per heavy atom. The van der Waals surface area contributed by atoms with E-state index in [1.165, 1.54) is 0 Å². The van der Waals surface area contributed by atoms with Crippen molar-refractivity contribution in [3.63, 3.8) is 0 Å². The van der Waals surface area contributed by atoms with Gasteiger partial charge >= 0.3 is 18.1 Å². The maximum Gasteiger partial charge on any atom is 0.420 e. The highest BCUT2D eigenvalue weighted by atomic mass is 19.4. The second-order valence-corrected chi connectivity index (χ2v) is 4.32. The first kappa shape index (κ1) is 17.8. The zero-order chi connectivity index (χ0) is 15.6. The molecule has 2 unspecified atom stereocenters. The molecule has 0 heterocycles. The molecule has 1 N–H and O–H groups in total. The van der Waals surface area contributed by atoms with E-state index in [2.05, 4.69) is 11.3 Å². The average Bonchev–Trinajstić information content (AvgIpc) is 2.25. The number of aliphatic hydroxyl groups excluding tert-OH is 1. The average molecular weight is 290 g/mol. The van der Waals surface area contributed by atoms with Gasteiger partial charge in [0.15, 0.2) is 5.60 Å². The lowest BCUT2D eigenvalue weighted by Crippen LogP contribution is -2.59. The largest absolute Gasteiger partial charge is 0.449 e. The lowest BCUT2D eigenvalue weighted by atomic mass is 9.90. The SMILES string of the molecule is C=C(C)C(=O)OC(C)(CC)C(F)(F)C(O)C(F)(F)F. The van der Waals surface area contributed by atoms with Crippen LogP contribution in [0.3, 0.4) is 0 Å². The van der Waals surface area contributed by atoms with Crippen LogP contribution in [0.2, 0.25) is 0 Å². The molecule has 0 aliphatic heterocycles. The summed E-state index contributed by atoms with van der Waals surface area (Å²) in [5.74, 6) is -5.94. The molecule has 0 fully saturated rings. The number of ether oxygens (including phenoxy) is 1. The maximum absolute atomic E-state index is 13.7. The minimum atomic E-state index is -5.53. The van der Waals surface area contributed by atoms with E-state index < -0.39 is 36.2 Å². The molecule has 0 aromatic carbocycles. The van der Waals surface area contributed by atoms with Crippen LogP contribution in [0, 0.1) is 0 Å². The van der Waals surface area contributed by atoms with Crippen molar-refractivity contribution in [2.24, 2.45) is 0 Å². The number of carbonyl (C=O) groups is 1. The molecular weight excluding hydrogens is 275 g/mol. The van der Waals surface area contributed by atoms with Crippen LogP contribution in [0.15, 0.2) is 12.2 Å². The second-order valence-electron chi connectivity index (χ2n) is 4.32. The van der Waals surface area contributed by atoms with Gasteiger partial charge in [-0.25, -0.2) is 4.79 Å². The van der Waals surface area contributed by atoms with Crippen LogP contribution in [0.25, 0.3) is 0 Å². The van der Waals surface area contributed by atoms with Gasteiger partial charge in [0.05, 0.1) is 0 Å². The summed E-state index contributed by atoms with van der Waals surface area (Å²) in [6, 6.07) is 0. The molecule has 0 spiro atoms. The Morgan fingerprint density at radius 1 is 1.32 bits per heavy atom. The Hall–Kier alpha value is -1.18. The first-order valence-electron chi connectivity index (χ1n) is 5.31. The number of carbonyl (C=O) groups excluding carboxylic acids is 1. The van der Waals surface area contributed by atoms with Crippen molar-refractivity contribution in [1.82, 2.24) is 0 Å². The van der Waals surface area contributed by atoms with Crippen LogP contribution >= 0.6 is 0 Å². The second kappa shape index (κ2) is 5.44. The fourth-order valence-electron chi connectivity index (χ4n) is 1.16. The smallest absolute Gasteiger partial charge is 0.420 e. The first-order valence-corrected chi connectivity index (χ1v) is 5.31. The molecule has 0 radical (unpaired) electrons. The van der Waals surface area contributed by atoms with E-state index in [0.29, 0.717) is 6.92 Å². The molecule has 8 heteroatoms. The Kier molecular flexibility index (Phi) is 5.10. The molecule has 0 aromatic heterocycles. The van der Waals surface area contributed by atoms with E-state index in [1.54, 1.807) is 0 Å². The molecule has 0 aliphatic carbocycles. The predicted octanol–water partition coefficient (Wildman–Crippen LogP) is 2.83. The molecular formula is C11H15F5O3. The highest BCUT2D eigenvalue weighted by Gasteiger charge is 2.65. The summed E-state index contributed by atoms with van der Waals surface area (Å²) in [4.78, 5) is 11.2. The quantitative estimate of drug-likeness (QED) is 0.481. The molecule has 0 amide bonds. The summed E-state index contributed by atoms with van der Waals surface area (Å²) < 4.78 is 68.5. The molecule has 0 rings (SSSR count). The van der Waals surface area contributed by atoms with Gasteiger partial charge in [0.2, 0.25) is 6.10 Å². The molecule has 0 saturated carbocycles. The van der Waals surface area contributed by atoms with E-state index in [0.717, 1.165) is 13.8 Å². The number of aliphatic hydroxyl groups is 1. The zero-order valence-electron chi connectivity index (χ0n) is 10.6. The molecule has 0 saturated heterocycles. The monoisotopic (exact) mass is 290 g/mol. The van der Waals surface area contributed by atoms with Crippen molar-refractivity contribution < 1.29 is 36.6 Å². The first-order chi connectivity index (χ1) is 8.29. The van der Waals surface area contributed by atoms with E-state index in [1.807, 2.05) is 0 Å². The third-order valence-corrected chi connectivity index (χ3v) is 2.70. The maximum atomic E-state index is 13.7. The number of halogens is 5. The van der Waals surface area contributed by atoms with Crippen LogP contribution in [0.4, 0.5) is 22.0 Å². The Labute approximate surface area is 107 Å². The number of alkyl halides is 5. The van der Waals surface area contributed by atoms with Crippen molar-refractivity contribution in [3.05, 3.63) is 12.2 Å². The van der Waals surface area contributed by atoms with Crippen molar-refractivity contribution in [2.75, 3.05) is 0 Å². The molecule has 112 valence electrons. The fraction of sp³-hybridized carbons (Fsp3) is 0.727. The number of rotatable bonds is 5. The van der Waals surface area contributed by atoms with Crippen LogP contribution in [0.1, 0.15) is 27.2 Å². The molecule has 3 nitrogen and oxygen atoms in total. The predicted molar refractivity (Wildman–Crippen MR) is 56.6 cm³/mol. The van der Waals surface area contributed by atoms with Gasteiger partial charge in [-0.3, -0.25) is 0 Å². The number of esters is 1. The van der Waals surface area contributed by atoms with Gasteiger partial charge in [-0.15, -0.1) is 0 Å². The number of hydrogen-bond donors (Lipinski definition) is 1. The van der Waals surface area contributed by atoms with Gasteiger partial charge in [0.1, 0.15) is 0 Å². The Balaban J connectivity index is 5.42. The third-order valence-electron chi connectivity index (χ3n) is 2.70. The summed E-state index contributed by atoms with van der Waals surface area (Å²) in [5, 5.41) is 8.74. The summed E-state index contributed by atoms with van der Waals surface area (Å²) in [5.41, 5.74) is -3.03. The van der Waals surface area contributed by atoms with Crippen LogP contribution in [-0.2, 0) is 9.53 Å². The number of hydrogen-bond acceptors (Lipinski definition) is 3. The van der Waals surface area contributed by atoms with Crippen molar-refractivity contribution >= 4 is 5.97 Å². The van der Waals surface area contributed by atoms with Crippen LogP contribution in [0.5, 0.6) is 0 Å².